The van der Waals surface area contributed by atoms with Gasteiger partial charge in [-0.3, -0.25) is 9.97 Å². The lowest BCUT2D eigenvalue weighted by Crippen LogP contribution is -2.02. The van der Waals surface area contributed by atoms with Crippen LogP contribution in [0, 0.1) is 13.8 Å². The number of aryl methyl sites for hydroxylation is 2. The van der Waals surface area contributed by atoms with E-state index in [-0.39, 0.29) is 0 Å². The third-order valence-electron chi connectivity index (χ3n) is 3.29. The van der Waals surface area contributed by atoms with Gasteiger partial charge in [0.1, 0.15) is 0 Å². The molecule has 0 aliphatic rings. The maximum Gasteiger partial charge on any atom is 0.0936 e. The summed E-state index contributed by atoms with van der Waals surface area (Å²) < 4.78 is 0. The highest BCUT2D eigenvalue weighted by molar-refractivity contribution is 5.90. The second-order valence-corrected chi connectivity index (χ2v) is 5.01. The number of nitrogens with one attached hydrogen (secondary N) is 1. The van der Waals surface area contributed by atoms with Gasteiger partial charge in [-0.1, -0.05) is 24.3 Å². The number of rotatable bonds is 3. The van der Waals surface area contributed by atoms with Gasteiger partial charge in [-0.25, -0.2) is 0 Å². The summed E-state index contributed by atoms with van der Waals surface area (Å²) in [6, 6.07) is 14.5. The summed E-state index contributed by atoms with van der Waals surface area (Å²) in [4.78, 5) is 9.03. The summed E-state index contributed by atoms with van der Waals surface area (Å²) in [5.41, 5.74) is 5.30. The van der Waals surface area contributed by atoms with Crippen molar-refractivity contribution in [2.45, 2.75) is 20.4 Å². The van der Waals surface area contributed by atoms with Gasteiger partial charge in [0.2, 0.25) is 0 Å². The van der Waals surface area contributed by atoms with E-state index >= 15 is 0 Å². The fourth-order valence-corrected chi connectivity index (χ4v) is 2.18. The van der Waals surface area contributed by atoms with Crippen molar-refractivity contribution in [3.05, 3.63) is 65.6 Å². The number of aromatic nitrogens is 2. The van der Waals surface area contributed by atoms with E-state index in [1.165, 1.54) is 5.56 Å². The number of hydrogen-bond acceptors (Lipinski definition) is 3. The molecule has 2 heterocycles. The number of pyridine rings is 2. The van der Waals surface area contributed by atoms with Crippen LogP contribution in [0.5, 0.6) is 0 Å². The Balaban J connectivity index is 1.87. The van der Waals surface area contributed by atoms with Gasteiger partial charge >= 0.3 is 0 Å². The average Bonchev–Trinajstić information content (AvgIpc) is 2.47. The highest BCUT2D eigenvalue weighted by Gasteiger charge is 2.03. The molecule has 0 fully saturated rings. The minimum Gasteiger partial charge on any atom is -0.378 e. The zero-order chi connectivity index (χ0) is 13.9. The normalized spacial score (nSPS) is 10.7. The van der Waals surface area contributed by atoms with E-state index in [1.54, 1.807) is 0 Å². The number of para-hydroxylation sites is 1. The van der Waals surface area contributed by atoms with Crippen molar-refractivity contribution in [1.82, 2.24) is 9.97 Å². The maximum atomic E-state index is 4.62. The number of benzene rings is 1. The summed E-state index contributed by atoms with van der Waals surface area (Å²) >= 11 is 0. The van der Waals surface area contributed by atoms with Gasteiger partial charge in [0.15, 0.2) is 0 Å². The molecule has 0 aliphatic carbocycles. The zero-order valence-electron chi connectivity index (χ0n) is 11.7. The number of nitrogens with zero attached hydrogens (tertiary/aromatic N) is 2. The summed E-state index contributed by atoms with van der Waals surface area (Å²) in [5, 5.41) is 4.58. The minimum atomic E-state index is 0.703. The molecule has 100 valence electrons. The van der Waals surface area contributed by atoms with E-state index in [2.05, 4.69) is 39.6 Å². The molecule has 3 aromatic rings. The largest absolute Gasteiger partial charge is 0.378 e. The Bertz CT molecular complexity index is 733. The number of fused-ring (bicyclic) bond motifs is 1. The van der Waals surface area contributed by atoms with Gasteiger partial charge in [-0.2, -0.15) is 0 Å². The van der Waals surface area contributed by atoms with Crippen molar-refractivity contribution in [1.29, 1.82) is 0 Å². The van der Waals surface area contributed by atoms with Gasteiger partial charge < -0.3 is 5.32 Å². The Morgan fingerprint density at radius 2 is 1.90 bits per heavy atom. The zero-order valence-corrected chi connectivity index (χ0v) is 11.7. The molecular weight excluding hydrogens is 246 g/mol. The predicted octanol–water partition coefficient (Wildman–Crippen LogP) is 3.86. The molecule has 0 spiro atoms. The van der Waals surface area contributed by atoms with Gasteiger partial charge in [0.05, 0.1) is 23.4 Å². The monoisotopic (exact) mass is 263 g/mol. The summed E-state index contributed by atoms with van der Waals surface area (Å²) in [6.45, 7) is 4.76. The molecule has 0 saturated heterocycles. The first-order chi connectivity index (χ1) is 9.72. The lowest BCUT2D eigenvalue weighted by molar-refractivity contribution is 1.04. The highest BCUT2D eigenvalue weighted by atomic mass is 14.9. The van der Waals surface area contributed by atoms with Crippen molar-refractivity contribution in [3.8, 4) is 0 Å². The first kappa shape index (κ1) is 12.6. The van der Waals surface area contributed by atoms with E-state index in [1.807, 2.05) is 38.2 Å². The van der Waals surface area contributed by atoms with Crippen LogP contribution in [0.25, 0.3) is 10.9 Å². The third kappa shape index (κ3) is 2.62. The van der Waals surface area contributed by atoms with Crippen LogP contribution in [0.3, 0.4) is 0 Å². The average molecular weight is 263 g/mol. The summed E-state index contributed by atoms with van der Waals surface area (Å²) in [7, 11) is 0. The first-order valence-electron chi connectivity index (χ1n) is 6.74. The smallest absolute Gasteiger partial charge is 0.0936 e. The molecule has 2 aromatic heterocycles. The highest BCUT2D eigenvalue weighted by Crippen LogP contribution is 2.22. The molecule has 0 saturated carbocycles. The second-order valence-electron chi connectivity index (χ2n) is 5.01. The van der Waals surface area contributed by atoms with Crippen molar-refractivity contribution in [3.63, 3.8) is 0 Å². The molecule has 0 aliphatic heterocycles. The molecule has 1 aromatic carbocycles. The van der Waals surface area contributed by atoms with Gasteiger partial charge in [0, 0.05) is 17.3 Å². The molecule has 0 unspecified atom stereocenters. The standard InChI is InChI=1S/C17H17N3/c1-12-6-9-15(18-10-12)11-19-16-5-3-4-14-8-7-13(2)20-17(14)16/h3-10,19H,11H2,1-2H3. The number of hydrogen-bond donors (Lipinski definition) is 1. The van der Waals surface area contributed by atoms with Crippen LogP contribution < -0.4 is 5.32 Å². The SMILES string of the molecule is Cc1ccc(CNc2cccc3ccc(C)nc23)nc1. The van der Waals surface area contributed by atoms with E-state index < -0.39 is 0 Å². The second kappa shape index (κ2) is 5.29. The van der Waals surface area contributed by atoms with Gasteiger partial charge in [-0.05, 0) is 37.6 Å². The molecule has 0 bridgehead atoms. The predicted molar refractivity (Wildman–Crippen MR) is 82.8 cm³/mol. The molecule has 0 atom stereocenters. The van der Waals surface area contributed by atoms with E-state index in [9.17, 15) is 0 Å². The Morgan fingerprint density at radius 1 is 1.00 bits per heavy atom. The van der Waals surface area contributed by atoms with Crippen LogP contribution in [0.4, 0.5) is 5.69 Å². The van der Waals surface area contributed by atoms with Crippen LogP contribution >= 0.6 is 0 Å². The third-order valence-corrected chi connectivity index (χ3v) is 3.29. The quantitative estimate of drug-likeness (QED) is 0.779. The van der Waals surface area contributed by atoms with Crippen molar-refractivity contribution in [2.24, 2.45) is 0 Å². The molecule has 3 nitrogen and oxygen atoms in total. The topological polar surface area (TPSA) is 37.8 Å². The fraction of sp³-hybridized carbons (Fsp3) is 0.176. The maximum absolute atomic E-state index is 4.62. The van der Waals surface area contributed by atoms with Crippen molar-refractivity contribution >= 4 is 16.6 Å². The van der Waals surface area contributed by atoms with E-state index in [4.69, 9.17) is 0 Å². The molecule has 0 radical (unpaired) electrons. The Morgan fingerprint density at radius 3 is 2.70 bits per heavy atom. The Kier molecular flexibility index (Phi) is 3.33. The molecule has 3 rings (SSSR count). The minimum absolute atomic E-state index is 0.703. The molecule has 20 heavy (non-hydrogen) atoms. The molecule has 3 heteroatoms. The lowest BCUT2D eigenvalue weighted by Gasteiger charge is -2.09. The van der Waals surface area contributed by atoms with Crippen LogP contribution in [0.2, 0.25) is 0 Å². The van der Waals surface area contributed by atoms with Crippen LogP contribution in [-0.4, -0.2) is 9.97 Å². The van der Waals surface area contributed by atoms with Crippen LogP contribution in [0.15, 0.2) is 48.7 Å². The van der Waals surface area contributed by atoms with E-state index in [0.717, 1.165) is 28.0 Å². The van der Waals surface area contributed by atoms with Crippen LogP contribution in [-0.2, 0) is 6.54 Å². The summed E-state index contributed by atoms with van der Waals surface area (Å²) in [5.74, 6) is 0. The molecule has 0 amide bonds. The molecule has 1 N–H and O–H groups in total. The fourth-order valence-electron chi connectivity index (χ4n) is 2.18. The van der Waals surface area contributed by atoms with Gasteiger partial charge in [0.25, 0.3) is 0 Å². The Labute approximate surface area is 118 Å². The van der Waals surface area contributed by atoms with Gasteiger partial charge in [-0.15, -0.1) is 0 Å². The summed E-state index contributed by atoms with van der Waals surface area (Å²) in [6.07, 6.45) is 1.89. The first-order valence-corrected chi connectivity index (χ1v) is 6.74. The molecular formula is C17H17N3. The van der Waals surface area contributed by atoms with Crippen LogP contribution in [0.1, 0.15) is 17.0 Å². The Hall–Kier alpha value is -2.42. The van der Waals surface area contributed by atoms with Crippen molar-refractivity contribution in [2.75, 3.05) is 5.32 Å². The van der Waals surface area contributed by atoms with E-state index in [0.29, 0.717) is 6.54 Å². The van der Waals surface area contributed by atoms with Crippen molar-refractivity contribution < 1.29 is 0 Å². The lowest BCUT2D eigenvalue weighted by atomic mass is 10.1. The number of anilines is 1.